The number of aryl methyl sites for hydroxylation is 3. The summed E-state index contributed by atoms with van der Waals surface area (Å²) in [6.45, 7) is 24.0. The molecular formula is C47H90N2O6Y2. The topological polar surface area (TPSA) is 122 Å². The van der Waals surface area contributed by atoms with Crippen LogP contribution in [0.3, 0.4) is 0 Å². The summed E-state index contributed by atoms with van der Waals surface area (Å²) in [5.74, 6) is -1.80. The second-order valence-electron chi connectivity index (χ2n) is 14.9. The van der Waals surface area contributed by atoms with Crippen LogP contribution in [0, 0.1) is 62.2 Å². The maximum absolute atomic E-state index is 11.5. The standard InChI is InChI=1S/C10H14N2O6.C10H20.C9H12.3C4H8.2C2H6.2CH4.2Y/c1-11-8(14)5-4(10(16)17)6(9(15)12-2)7(5)18-3-13;1-5-10-8(3)6-7(2)9(10)4;1-7-4-8(2)6-9(3)5-7;3*1-2-4-3-1;2*1-2;;;;/h3-7H,1-2H3,(H,11,14)(H,12,15)(H,16,17);7-10H,5-6H2,1-4H3;4-6H,1-3H3;3*1-4H2;2*1-2H3;2*1H4;;. The summed E-state index contributed by atoms with van der Waals surface area (Å²) in [5, 5.41) is 13.6. The molecule has 1 aromatic carbocycles. The number of carboxylic acid groups (broad SMARTS) is 1. The molecule has 330 valence electrons. The molecule has 5 aliphatic rings. The van der Waals surface area contributed by atoms with Gasteiger partial charge in [-0.15, -0.1) is 0 Å². The predicted octanol–water partition coefficient (Wildman–Crippen LogP) is 11.9. The van der Waals surface area contributed by atoms with Crippen molar-refractivity contribution in [1.82, 2.24) is 10.6 Å². The summed E-state index contributed by atoms with van der Waals surface area (Å²) in [6.07, 6.45) is 19.8. The first-order chi connectivity index (χ1) is 25.3. The Labute approximate surface area is 403 Å². The van der Waals surface area contributed by atoms with Crippen LogP contribution in [0.5, 0.6) is 0 Å². The molecule has 0 heterocycles. The minimum Gasteiger partial charge on any atom is -0.481 e. The Bertz CT molecular complexity index is 1020. The molecule has 0 spiro atoms. The van der Waals surface area contributed by atoms with Crippen LogP contribution in [0.25, 0.3) is 0 Å². The third-order valence-electron chi connectivity index (χ3n) is 11.0. The van der Waals surface area contributed by atoms with Gasteiger partial charge < -0.3 is 20.5 Å². The van der Waals surface area contributed by atoms with E-state index in [-0.39, 0.29) is 86.7 Å². The number of nitrogens with one attached hydrogen (secondary N) is 2. The van der Waals surface area contributed by atoms with Gasteiger partial charge >= 0.3 is 5.97 Å². The third-order valence-corrected chi connectivity index (χ3v) is 11.0. The van der Waals surface area contributed by atoms with Crippen LogP contribution in [-0.2, 0) is 89.3 Å². The van der Waals surface area contributed by atoms with Crippen LogP contribution in [0.2, 0.25) is 0 Å². The van der Waals surface area contributed by atoms with Gasteiger partial charge in [-0.3, -0.25) is 19.2 Å². The van der Waals surface area contributed by atoms with E-state index in [0.717, 1.165) is 23.7 Å². The van der Waals surface area contributed by atoms with Gasteiger partial charge in [-0.05, 0) is 50.9 Å². The molecule has 2 radical (unpaired) electrons. The molecule has 0 saturated heterocycles. The maximum atomic E-state index is 11.5. The minimum absolute atomic E-state index is 0. The fraction of sp³-hybridized carbons (Fsp3) is 0.787. The second-order valence-corrected chi connectivity index (χ2v) is 14.9. The Hall–Kier alpha value is -0.692. The van der Waals surface area contributed by atoms with Crippen molar-refractivity contribution in [3.63, 3.8) is 0 Å². The number of benzene rings is 1. The third kappa shape index (κ3) is 27.0. The smallest absolute Gasteiger partial charge is 0.308 e. The molecule has 5 saturated carbocycles. The summed E-state index contributed by atoms with van der Waals surface area (Å²) in [6, 6.07) is 6.56. The molecule has 2 amide bonds. The molecule has 1 aromatic rings. The SMILES string of the molecule is C.C.C1CCC1.C1CCC1.C1CCC1.CC.CC.CCC1C(C)CC(C)C1C.CNC(=O)C1C(OC=O)C(C(=O)NC)C1C(=O)O.Cc1cc(C)cc(C)c1.[Y].[Y]. The molecule has 6 atom stereocenters. The molecule has 0 aliphatic heterocycles. The van der Waals surface area contributed by atoms with Crippen molar-refractivity contribution in [3.05, 3.63) is 34.9 Å². The van der Waals surface area contributed by atoms with Crippen molar-refractivity contribution >= 4 is 24.3 Å². The first-order valence-electron chi connectivity index (χ1n) is 21.1. The molecule has 10 heteroatoms. The van der Waals surface area contributed by atoms with E-state index in [4.69, 9.17) is 5.11 Å². The first kappa shape index (κ1) is 68.1. The normalized spacial score (nSPS) is 24.6. The van der Waals surface area contributed by atoms with Gasteiger partial charge in [0.15, 0.2) is 0 Å². The Morgan fingerprint density at radius 3 is 1.11 bits per heavy atom. The van der Waals surface area contributed by atoms with Crippen molar-refractivity contribution in [3.8, 4) is 0 Å². The number of aliphatic carboxylic acids is 1. The number of carbonyl (C=O) groups is 4. The van der Waals surface area contributed by atoms with Crippen LogP contribution in [0.15, 0.2) is 18.2 Å². The number of hydrogen-bond acceptors (Lipinski definition) is 5. The summed E-state index contributed by atoms with van der Waals surface area (Å²) >= 11 is 0. The van der Waals surface area contributed by atoms with E-state index in [1.165, 1.54) is 121 Å². The zero-order valence-corrected chi connectivity index (χ0v) is 43.1. The number of ether oxygens (including phenoxy) is 1. The van der Waals surface area contributed by atoms with E-state index in [1.54, 1.807) is 0 Å². The molecule has 0 bridgehead atoms. The van der Waals surface area contributed by atoms with Gasteiger partial charge in [0.05, 0.1) is 17.8 Å². The molecule has 6 unspecified atom stereocenters. The zero-order valence-electron chi connectivity index (χ0n) is 37.5. The fourth-order valence-electron chi connectivity index (χ4n) is 6.85. The molecule has 3 N–H and O–H groups in total. The number of rotatable bonds is 6. The number of amides is 2. The van der Waals surface area contributed by atoms with Gasteiger partial charge in [0.2, 0.25) is 11.8 Å². The number of hydrogen-bond donors (Lipinski definition) is 3. The van der Waals surface area contributed by atoms with Crippen LogP contribution in [-0.4, -0.2) is 49.6 Å². The molecule has 8 nitrogen and oxygen atoms in total. The van der Waals surface area contributed by atoms with E-state index >= 15 is 0 Å². The number of carbonyl (C=O) groups excluding carboxylic acids is 3. The quantitative estimate of drug-likeness (QED) is 0.244. The van der Waals surface area contributed by atoms with E-state index in [2.05, 4.69) is 82.0 Å². The Morgan fingerprint density at radius 2 is 0.947 bits per heavy atom. The largest absolute Gasteiger partial charge is 0.481 e. The molecule has 0 aromatic heterocycles. The second kappa shape index (κ2) is 42.0. The molecule has 57 heavy (non-hydrogen) atoms. The molecule has 5 fully saturated rings. The Balaban J connectivity index is -0.000000143. The van der Waals surface area contributed by atoms with Crippen molar-refractivity contribution < 1.29 is 94.4 Å². The van der Waals surface area contributed by atoms with Crippen molar-refractivity contribution in [2.24, 2.45) is 41.4 Å². The van der Waals surface area contributed by atoms with Gasteiger partial charge in [0, 0.05) is 79.5 Å². The van der Waals surface area contributed by atoms with Gasteiger partial charge in [0.25, 0.3) is 6.47 Å². The monoisotopic (exact) mass is 956 g/mol. The summed E-state index contributed by atoms with van der Waals surface area (Å²) in [4.78, 5) is 44.6. The molecule has 6 rings (SSSR count). The van der Waals surface area contributed by atoms with Crippen molar-refractivity contribution in [2.45, 2.75) is 187 Å². The fourth-order valence-corrected chi connectivity index (χ4v) is 6.85. The summed E-state index contributed by atoms with van der Waals surface area (Å²) in [7, 11) is 2.68. The first-order valence-corrected chi connectivity index (χ1v) is 21.1. The predicted molar refractivity (Wildman–Crippen MR) is 235 cm³/mol. The van der Waals surface area contributed by atoms with Gasteiger partial charge in [-0.2, -0.15) is 0 Å². The van der Waals surface area contributed by atoms with Gasteiger partial charge in [-0.25, -0.2) is 0 Å². The van der Waals surface area contributed by atoms with Crippen molar-refractivity contribution in [1.29, 1.82) is 0 Å². The van der Waals surface area contributed by atoms with E-state index < -0.39 is 41.6 Å². The van der Waals surface area contributed by atoms with Crippen LogP contribution in [0.4, 0.5) is 0 Å². The average Bonchev–Trinajstić information content (AvgIpc) is 3.27. The van der Waals surface area contributed by atoms with E-state index in [1.807, 2.05) is 27.7 Å². The van der Waals surface area contributed by atoms with E-state index in [0.29, 0.717) is 0 Å². The van der Waals surface area contributed by atoms with Gasteiger partial charge in [-0.1, -0.05) is 189 Å². The minimum atomic E-state index is -1.28. The summed E-state index contributed by atoms with van der Waals surface area (Å²) in [5.41, 5.74) is 4.06. The van der Waals surface area contributed by atoms with Crippen LogP contribution < -0.4 is 10.6 Å². The van der Waals surface area contributed by atoms with Crippen LogP contribution in [0.1, 0.15) is 177 Å². The Kier molecular flexibility index (Phi) is 50.2. The number of carboxylic acids is 1. The molecular weight excluding hydrogens is 866 g/mol. The maximum Gasteiger partial charge on any atom is 0.308 e. The average molecular weight is 957 g/mol. The Morgan fingerprint density at radius 1 is 0.649 bits per heavy atom. The molecule has 5 aliphatic carbocycles. The zero-order chi connectivity index (χ0) is 40.9. The van der Waals surface area contributed by atoms with E-state index in [9.17, 15) is 19.2 Å². The van der Waals surface area contributed by atoms with Crippen LogP contribution >= 0.6 is 0 Å². The summed E-state index contributed by atoms with van der Waals surface area (Å²) < 4.78 is 4.66. The van der Waals surface area contributed by atoms with Crippen molar-refractivity contribution in [2.75, 3.05) is 14.1 Å². The van der Waals surface area contributed by atoms with Gasteiger partial charge in [0.1, 0.15) is 6.10 Å².